The molecule has 0 radical (unpaired) electrons. The van der Waals surface area contributed by atoms with Gasteiger partial charge in [-0.25, -0.2) is 0 Å². The Morgan fingerprint density at radius 1 is 0.800 bits per heavy atom. The molecule has 0 spiro atoms. The number of halogens is 2. The number of carbonyl (C=O) groups excluding carboxylic acids is 1. The maximum absolute atomic E-state index is 12.5. The van der Waals surface area contributed by atoms with Crippen LogP contribution >= 0.6 is 23.2 Å². The molecule has 0 aliphatic rings. The molecule has 0 N–H and O–H groups in total. The number of rotatable bonds is 3. The molecule has 108 valence electrons. The smallest absolute Gasteiger partial charge is 0.186 e. The predicted octanol–water partition coefficient (Wildman–Crippen LogP) is 5.68. The third kappa shape index (κ3) is 3.53. The Hall–Kier alpha value is -1.05. The molecule has 0 aliphatic heterocycles. The lowest BCUT2D eigenvalue weighted by atomic mass is 9.87. The molecule has 0 aromatic heterocycles. The fraction of sp³-hybridized carbons (Fsp3) is 0.353. The fourth-order valence-electron chi connectivity index (χ4n) is 2.36. The fourth-order valence-corrected chi connectivity index (χ4v) is 2.71. The first-order valence-corrected chi connectivity index (χ1v) is 7.24. The molecular formula is C17H20Cl2O. The molecule has 0 heterocycles. The summed E-state index contributed by atoms with van der Waals surface area (Å²) in [7, 11) is 0. The molecule has 0 unspecified atom stereocenters. The standard InChI is InChI=1S/C17H20Cl2O/c1-9(8-16(18)19)7-15(20)17-13(5)11(3)10(2)12(4)14(17)6/h7-8H,1-6H3/b9-7+. The number of hydrogen-bond acceptors (Lipinski definition) is 1. The normalized spacial score (nSPS) is 11.5. The van der Waals surface area contributed by atoms with Gasteiger partial charge < -0.3 is 0 Å². The summed E-state index contributed by atoms with van der Waals surface area (Å²) in [5.41, 5.74) is 7.21. The zero-order chi connectivity index (χ0) is 15.6. The van der Waals surface area contributed by atoms with E-state index in [0.29, 0.717) is 0 Å². The Bertz CT molecular complexity index is 589. The minimum absolute atomic E-state index is 0.00506. The van der Waals surface area contributed by atoms with Crippen molar-refractivity contribution in [3.8, 4) is 0 Å². The number of allylic oxidation sites excluding steroid dienone is 3. The Balaban J connectivity index is 3.42. The van der Waals surface area contributed by atoms with E-state index in [1.54, 1.807) is 19.1 Å². The predicted molar refractivity (Wildman–Crippen MR) is 88.0 cm³/mol. The van der Waals surface area contributed by atoms with Crippen LogP contribution in [0, 0.1) is 34.6 Å². The van der Waals surface area contributed by atoms with E-state index in [1.807, 2.05) is 13.8 Å². The van der Waals surface area contributed by atoms with Crippen molar-refractivity contribution in [2.45, 2.75) is 41.5 Å². The van der Waals surface area contributed by atoms with Crippen molar-refractivity contribution in [3.05, 3.63) is 55.6 Å². The van der Waals surface area contributed by atoms with Crippen LogP contribution in [-0.4, -0.2) is 5.78 Å². The molecule has 20 heavy (non-hydrogen) atoms. The quantitative estimate of drug-likeness (QED) is 0.399. The first-order chi connectivity index (χ1) is 9.16. The van der Waals surface area contributed by atoms with Crippen molar-refractivity contribution in [2.75, 3.05) is 0 Å². The maximum atomic E-state index is 12.5. The van der Waals surface area contributed by atoms with Crippen LogP contribution < -0.4 is 0 Å². The Morgan fingerprint density at radius 2 is 1.20 bits per heavy atom. The Morgan fingerprint density at radius 3 is 1.60 bits per heavy atom. The van der Waals surface area contributed by atoms with Gasteiger partial charge in [-0.15, -0.1) is 0 Å². The highest BCUT2D eigenvalue weighted by molar-refractivity contribution is 6.56. The molecule has 0 atom stereocenters. The van der Waals surface area contributed by atoms with E-state index < -0.39 is 0 Å². The van der Waals surface area contributed by atoms with Crippen molar-refractivity contribution < 1.29 is 4.79 Å². The molecule has 0 saturated carbocycles. The van der Waals surface area contributed by atoms with Crippen LogP contribution in [0.1, 0.15) is 45.1 Å². The van der Waals surface area contributed by atoms with Gasteiger partial charge in [-0.3, -0.25) is 4.79 Å². The summed E-state index contributed by atoms with van der Waals surface area (Å²) in [5, 5.41) is 0. The zero-order valence-corrected chi connectivity index (χ0v) is 14.3. The minimum Gasteiger partial charge on any atom is -0.289 e. The van der Waals surface area contributed by atoms with E-state index in [4.69, 9.17) is 23.2 Å². The van der Waals surface area contributed by atoms with Crippen molar-refractivity contribution in [3.63, 3.8) is 0 Å². The Labute approximate surface area is 131 Å². The molecule has 1 aromatic rings. The number of ketones is 1. The third-order valence-corrected chi connectivity index (χ3v) is 4.16. The van der Waals surface area contributed by atoms with E-state index in [9.17, 15) is 4.79 Å². The van der Waals surface area contributed by atoms with Gasteiger partial charge in [-0.05, 0) is 87.1 Å². The summed E-state index contributed by atoms with van der Waals surface area (Å²) in [6, 6.07) is 0. The second-order valence-electron chi connectivity index (χ2n) is 5.19. The van der Waals surface area contributed by atoms with Gasteiger partial charge in [0.05, 0.1) is 0 Å². The van der Waals surface area contributed by atoms with E-state index >= 15 is 0 Å². The van der Waals surface area contributed by atoms with Crippen LogP contribution in [0.2, 0.25) is 0 Å². The molecule has 0 aliphatic carbocycles. The Kier molecular flexibility index (Phi) is 5.61. The van der Waals surface area contributed by atoms with Gasteiger partial charge in [0.15, 0.2) is 5.78 Å². The summed E-state index contributed by atoms with van der Waals surface area (Å²) < 4.78 is 0.149. The molecule has 1 nitrogen and oxygen atoms in total. The summed E-state index contributed by atoms with van der Waals surface area (Å²) in [4.78, 5) is 12.5. The number of benzene rings is 1. The van der Waals surface area contributed by atoms with E-state index in [0.717, 1.165) is 22.3 Å². The molecule has 0 bridgehead atoms. The van der Waals surface area contributed by atoms with Crippen LogP contribution in [0.25, 0.3) is 0 Å². The van der Waals surface area contributed by atoms with Gasteiger partial charge in [-0.1, -0.05) is 23.2 Å². The third-order valence-electron chi connectivity index (χ3n) is 3.94. The lowest BCUT2D eigenvalue weighted by Gasteiger charge is -2.17. The van der Waals surface area contributed by atoms with E-state index in [1.165, 1.54) is 16.7 Å². The average molecular weight is 311 g/mol. The summed E-state index contributed by atoms with van der Waals surface area (Å²) in [5.74, 6) is -0.00506. The van der Waals surface area contributed by atoms with Gasteiger partial charge in [0.1, 0.15) is 4.49 Å². The average Bonchev–Trinajstić information content (AvgIpc) is 2.33. The lowest BCUT2D eigenvalue weighted by Crippen LogP contribution is -2.08. The lowest BCUT2D eigenvalue weighted by molar-refractivity contribution is 0.104. The molecule has 0 amide bonds. The molecule has 0 saturated heterocycles. The van der Waals surface area contributed by atoms with Crippen LogP contribution in [0.15, 0.2) is 22.2 Å². The van der Waals surface area contributed by atoms with Crippen molar-refractivity contribution >= 4 is 29.0 Å². The first kappa shape index (κ1) is 17.0. The van der Waals surface area contributed by atoms with Gasteiger partial charge in [0, 0.05) is 5.56 Å². The van der Waals surface area contributed by atoms with Gasteiger partial charge in [0.2, 0.25) is 0 Å². The van der Waals surface area contributed by atoms with Gasteiger partial charge in [0.25, 0.3) is 0 Å². The molecule has 3 heteroatoms. The SMILES string of the molecule is C/C(C=C(Cl)Cl)=C\C(=O)c1c(C)c(C)c(C)c(C)c1C. The topological polar surface area (TPSA) is 17.1 Å². The van der Waals surface area contributed by atoms with Crippen molar-refractivity contribution in [1.29, 1.82) is 0 Å². The number of hydrogen-bond donors (Lipinski definition) is 0. The van der Waals surface area contributed by atoms with Crippen LogP contribution in [-0.2, 0) is 0 Å². The second kappa shape index (κ2) is 6.60. The first-order valence-electron chi connectivity index (χ1n) is 6.49. The highest BCUT2D eigenvalue weighted by Crippen LogP contribution is 2.27. The minimum atomic E-state index is -0.00506. The molecule has 1 aromatic carbocycles. The zero-order valence-electron chi connectivity index (χ0n) is 12.8. The highest BCUT2D eigenvalue weighted by Gasteiger charge is 2.16. The maximum Gasteiger partial charge on any atom is 0.186 e. The summed E-state index contributed by atoms with van der Waals surface area (Å²) in [6.07, 6.45) is 3.15. The van der Waals surface area contributed by atoms with Crippen molar-refractivity contribution in [1.82, 2.24) is 0 Å². The summed E-state index contributed by atoms with van der Waals surface area (Å²) in [6.45, 7) is 12.0. The van der Waals surface area contributed by atoms with Gasteiger partial charge >= 0.3 is 0 Å². The summed E-state index contributed by atoms with van der Waals surface area (Å²) >= 11 is 11.2. The van der Waals surface area contributed by atoms with Crippen LogP contribution in [0.3, 0.4) is 0 Å². The van der Waals surface area contributed by atoms with E-state index in [-0.39, 0.29) is 10.3 Å². The van der Waals surface area contributed by atoms with Crippen molar-refractivity contribution in [2.24, 2.45) is 0 Å². The highest BCUT2D eigenvalue weighted by atomic mass is 35.5. The van der Waals surface area contributed by atoms with Gasteiger partial charge in [-0.2, -0.15) is 0 Å². The van der Waals surface area contributed by atoms with E-state index in [2.05, 4.69) is 20.8 Å². The number of carbonyl (C=O) groups is 1. The second-order valence-corrected chi connectivity index (χ2v) is 6.19. The van der Waals surface area contributed by atoms with Crippen LogP contribution in [0.5, 0.6) is 0 Å². The van der Waals surface area contributed by atoms with Crippen LogP contribution in [0.4, 0.5) is 0 Å². The molecular weight excluding hydrogens is 291 g/mol. The molecule has 1 rings (SSSR count). The monoisotopic (exact) mass is 310 g/mol. The largest absolute Gasteiger partial charge is 0.289 e. The molecule has 0 fully saturated rings.